The molecule has 0 aliphatic carbocycles. The smallest absolute Gasteiger partial charge is 0.310 e. The fourth-order valence-corrected chi connectivity index (χ4v) is 4.60. The number of quaternary nitrogens is 1. The van der Waals surface area contributed by atoms with Crippen molar-refractivity contribution in [1.82, 2.24) is 0 Å². The fraction of sp³-hybridized carbons (Fsp3) is 0.409. The van der Waals surface area contributed by atoms with E-state index in [1.54, 1.807) is 0 Å². The molecule has 2 aromatic rings. The summed E-state index contributed by atoms with van der Waals surface area (Å²) < 4.78 is 12.5. The van der Waals surface area contributed by atoms with Crippen molar-refractivity contribution in [2.45, 2.75) is 31.6 Å². The van der Waals surface area contributed by atoms with Gasteiger partial charge in [0.2, 0.25) is 6.73 Å². The van der Waals surface area contributed by atoms with Gasteiger partial charge in [-0.15, -0.1) is 0 Å². The van der Waals surface area contributed by atoms with Gasteiger partial charge in [0.25, 0.3) is 0 Å². The van der Waals surface area contributed by atoms with E-state index < -0.39 is 0 Å². The Bertz CT molecular complexity index is 868. The molecule has 2 heterocycles. The molecule has 3 atom stereocenters. The predicted molar refractivity (Wildman–Crippen MR) is 105 cm³/mol. The van der Waals surface area contributed by atoms with Gasteiger partial charge >= 0.3 is 5.97 Å². The number of benzene rings is 2. The average molecular weight is 387 g/mol. The topological polar surface area (TPSA) is 35.5 Å². The van der Waals surface area contributed by atoms with E-state index in [-0.39, 0.29) is 11.9 Å². The van der Waals surface area contributed by atoms with Crippen molar-refractivity contribution in [3.63, 3.8) is 0 Å². The standard InChI is InChI=1S/C22H25ClNO3/c1-3-6-22(25)26-14-24(2)12-18-16-7-4-5-8-20(16)27-21-10-9-15(23)11-17(21)19(18)13-24/h4-5,7-11,18-19H,3,6,12-14H2,1-2H3/q+1. The predicted octanol–water partition coefficient (Wildman–Crippen LogP) is 5.07. The number of carbonyl (C=O) groups excluding carboxylic acids is 1. The van der Waals surface area contributed by atoms with Gasteiger partial charge in [0.1, 0.15) is 11.5 Å². The Hall–Kier alpha value is -2.04. The zero-order chi connectivity index (χ0) is 19.0. The second-order valence-corrected chi connectivity index (χ2v) is 8.35. The van der Waals surface area contributed by atoms with Crippen LogP contribution in [0.1, 0.15) is 42.7 Å². The van der Waals surface area contributed by atoms with E-state index in [0.29, 0.717) is 23.6 Å². The quantitative estimate of drug-likeness (QED) is 0.543. The molecule has 4 rings (SSSR count). The van der Waals surface area contributed by atoms with Gasteiger partial charge in [-0.2, -0.15) is 0 Å². The highest BCUT2D eigenvalue weighted by Gasteiger charge is 2.47. The van der Waals surface area contributed by atoms with Crippen molar-refractivity contribution in [3.8, 4) is 11.5 Å². The number of likely N-dealkylation sites (tertiary alicyclic amines) is 1. The molecule has 5 heteroatoms. The first kappa shape index (κ1) is 18.3. The summed E-state index contributed by atoms with van der Waals surface area (Å²) >= 11 is 6.31. The van der Waals surface area contributed by atoms with Crippen LogP contribution in [0, 0.1) is 0 Å². The van der Waals surface area contributed by atoms with Crippen molar-refractivity contribution in [2.75, 3.05) is 26.9 Å². The Morgan fingerprint density at radius 2 is 1.85 bits per heavy atom. The minimum absolute atomic E-state index is 0.115. The van der Waals surface area contributed by atoms with Crippen molar-refractivity contribution < 1.29 is 18.8 Å². The number of para-hydroxylation sites is 1. The normalized spacial score (nSPS) is 25.6. The summed E-state index contributed by atoms with van der Waals surface area (Å²) in [7, 11) is 2.17. The monoisotopic (exact) mass is 386 g/mol. The van der Waals surface area contributed by atoms with E-state index in [9.17, 15) is 4.79 Å². The second kappa shape index (κ2) is 7.17. The molecule has 0 aromatic heterocycles. The molecule has 0 N–H and O–H groups in total. The Morgan fingerprint density at radius 1 is 1.15 bits per heavy atom. The molecule has 0 bridgehead atoms. The number of likely N-dealkylation sites (N-methyl/N-ethyl adjacent to an activating group) is 1. The third kappa shape index (κ3) is 3.56. The van der Waals surface area contributed by atoms with Gasteiger partial charge in [-0.3, -0.25) is 9.28 Å². The van der Waals surface area contributed by atoms with Gasteiger partial charge in [0, 0.05) is 34.4 Å². The first-order chi connectivity index (χ1) is 13.0. The van der Waals surface area contributed by atoms with Crippen LogP contribution < -0.4 is 4.74 Å². The number of rotatable bonds is 4. The molecular formula is C22H25ClNO3+. The van der Waals surface area contributed by atoms with Crippen molar-refractivity contribution in [3.05, 3.63) is 58.6 Å². The summed E-state index contributed by atoms with van der Waals surface area (Å²) in [5.41, 5.74) is 2.36. The van der Waals surface area contributed by atoms with Crippen LogP contribution in [0.5, 0.6) is 11.5 Å². The second-order valence-electron chi connectivity index (χ2n) is 7.92. The molecule has 0 radical (unpaired) electrons. The first-order valence-electron chi connectivity index (χ1n) is 9.54. The number of ether oxygens (including phenoxy) is 2. The zero-order valence-corrected chi connectivity index (χ0v) is 16.5. The van der Waals surface area contributed by atoms with Crippen LogP contribution in [0.2, 0.25) is 5.02 Å². The average Bonchev–Trinajstić information content (AvgIpc) is 2.95. The molecule has 142 valence electrons. The molecule has 1 saturated heterocycles. The lowest BCUT2D eigenvalue weighted by molar-refractivity contribution is -0.915. The molecule has 1 fully saturated rings. The van der Waals surface area contributed by atoms with Gasteiger partial charge in [-0.05, 0) is 30.7 Å². The molecule has 2 aliphatic rings. The Balaban J connectivity index is 1.69. The van der Waals surface area contributed by atoms with Crippen LogP contribution >= 0.6 is 11.6 Å². The largest absolute Gasteiger partial charge is 0.457 e. The summed E-state index contributed by atoms with van der Waals surface area (Å²) in [6, 6.07) is 14.1. The summed E-state index contributed by atoms with van der Waals surface area (Å²) in [5.74, 6) is 2.24. The summed E-state index contributed by atoms with van der Waals surface area (Å²) in [6.07, 6.45) is 1.28. The maximum absolute atomic E-state index is 11.9. The van der Waals surface area contributed by atoms with Gasteiger partial charge in [0.15, 0.2) is 0 Å². The number of carbonyl (C=O) groups is 1. The number of hydrogen-bond donors (Lipinski definition) is 0. The van der Waals surface area contributed by atoms with Crippen LogP contribution in [0.25, 0.3) is 0 Å². The number of nitrogens with zero attached hydrogens (tertiary/aromatic N) is 1. The third-order valence-electron chi connectivity index (χ3n) is 5.66. The molecule has 0 spiro atoms. The number of halogens is 1. The number of fused-ring (bicyclic) bond motifs is 5. The van der Waals surface area contributed by atoms with Gasteiger partial charge in [0.05, 0.1) is 20.1 Å². The van der Waals surface area contributed by atoms with Gasteiger partial charge in [-0.25, -0.2) is 0 Å². The van der Waals surface area contributed by atoms with Gasteiger partial charge < -0.3 is 9.47 Å². The molecule has 2 aliphatic heterocycles. The highest BCUT2D eigenvalue weighted by Crippen LogP contribution is 2.51. The van der Waals surface area contributed by atoms with E-state index in [4.69, 9.17) is 21.1 Å². The fourth-order valence-electron chi connectivity index (χ4n) is 4.42. The summed E-state index contributed by atoms with van der Waals surface area (Å²) in [4.78, 5) is 11.9. The van der Waals surface area contributed by atoms with Crippen LogP contribution in [-0.2, 0) is 9.53 Å². The Morgan fingerprint density at radius 3 is 2.63 bits per heavy atom. The summed E-state index contributed by atoms with van der Waals surface area (Å²) in [6.45, 7) is 4.18. The summed E-state index contributed by atoms with van der Waals surface area (Å²) in [5, 5.41) is 0.720. The maximum atomic E-state index is 11.9. The highest BCUT2D eigenvalue weighted by atomic mass is 35.5. The molecule has 0 saturated carbocycles. The van der Waals surface area contributed by atoms with Gasteiger partial charge in [-0.1, -0.05) is 36.7 Å². The molecule has 3 unspecified atom stereocenters. The molecule has 2 aromatic carbocycles. The van der Waals surface area contributed by atoms with E-state index in [1.807, 2.05) is 37.3 Å². The first-order valence-corrected chi connectivity index (χ1v) is 9.92. The SMILES string of the molecule is CCCC(=O)OC[N+]1(C)CC2c3ccccc3Oc3ccc(Cl)cc3C2C1. The van der Waals surface area contributed by atoms with Crippen LogP contribution in [-0.4, -0.2) is 37.3 Å². The van der Waals surface area contributed by atoms with E-state index in [2.05, 4.69) is 19.2 Å². The number of esters is 1. The maximum Gasteiger partial charge on any atom is 0.310 e. The minimum Gasteiger partial charge on any atom is -0.457 e. The molecule has 27 heavy (non-hydrogen) atoms. The Kier molecular flexibility index (Phi) is 4.87. The van der Waals surface area contributed by atoms with Crippen LogP contribution in [0.15, 0.2) is 42.5 Å². The lowest BCUT2D eigenvalue weighted by atomic mass is 9.84. The zero-order valence-electron chi connectivity index (χ0n) is 15.8. The van der Waals surface area contributed by atoms with E-state index >= 15 is 0 Å². The van der Waals surface area contributed by atoms with Crippen molar-refractivity contribution in [2.24, 2.45) is 0 Å². The van der Waals surface area contributed by atoms with Crippen LogP contribution in [0.3, 0.4) is 0 Å². The highest BCUT2D eigenvalue weighted by molar-refractivity contribution is 6.30. The van der Waals surface area contributed by atoms with Crippen molar-refractivity contribution >= 4 is 17.6 Å². The number of hydrogen-bond acceptors (Lipinski definition) is 3. The minimum atomic E-state index is -0.115. The molecule has 0 amide bonds. The molecule has 4 nitrogen and oxygen atoms in total. The van der Waals surface area contributed by atoms with Crippen LogP contribution in [0.4, 0.5) is 0 Å². The lowest BCUT2D eigenvalue weighted by Crippen LogP contribution is -2.44. The van der Waals surface area contributed by atoms with E-state index in [1.165, 1.54) is 5.56 Å². The third-order valence-corrected chi connectivity index (χ3v) is 5.90. The Labute approximate surface area is 165 Å². The molecular weight excluding hydrogens is 362 g/mol. The van der Waals surface area contributed by atoms with E-state index in [0.717, 1.165) is 41.6 Å². The van der Waals surface area contributed by atoms with Crippen molar-refractivity contribution in [1.29, 1.82) is 0 Å². The lowest BCUT2D eigenvalue weighted by Gasteiger charge is -2.29.